The van der Waals surface area contributed by atoms with E-state index in [1.807, 2.05) is 26.8 Å². The second kappa shape index (κ2) is 27.5. The molecule has 15 heterocycles. The Morgan fingerprint density at radius 2 is 0.899 bits per heavy atom. The number of aliphatic hydroxyl groups excluding tert-OH is 6. The molecule has 4 saturated heterocycles. The molecule has 4 aliphatic heterocycles. The van der Waals surface area contributed by atoms with Crippen molar-refractivity contribution in [2.45, 2.75) is 101 Å². The van der Waals surface area contributed by atoms with E-state index in [0.29, 0.717) is 79.2 Å². The summed E-state index contributed by atoms with van der Waals surface area (Å²) >= 11 is 0. The molecule has 11 aromatic rings. The number of aliphatic hydroxyl groups is 6. The number of azide groups is 2. The summed E-state index contributed by atoms with van der Waals surface area (Å²) in [6.07, 6.45) is 6.98. The topological polar surface area (TPSA) is 563 Å². The van der Waals surface area contributed by atoms with Gasteiger partial charge in [0.25, 0.3) is 0 Å². The van der Waals surface area contributed by atoms with Crippen molar-refractivity contribution in [3.05, 3.63) is 142 Å². The lowest BCUT2D eigenvalue weighted by Crippen LogP contribution is -2.37. The van der Waals surface area contributed by atoms with Crippen LogP contribution < -0.4 is 22.9 Å². The number of ether oxygens (including phenoxy) is 4. The first-order chi connectivity index (χ1) is 47.7. The third-order valence-corrected chi connectivity index (χ3v) is 18.6. The average Bonchev–Trinajstić information content (AvgIpc) is 1.61. The van der Waals surface area contributed by atoms with Gasteiger partial charge in [0, 0.05) is 27.6 Å². The number of hydrogen-bond donors (Lipinski definition) is 10. The predicted molar refractivity (Wildman–Crippen MR) is 340 cm³/mol. The molecule has 99 heavy (non-hydrogen) atoms. The number of anilines is 4. The number of rotatable bonds is 13. The number of hydrogen-bond acceptors (Lipinski definition) is 30. The van der Waals surface area contributed by atoms with E-state index in [-0.39, 0.29) is 59.9 Å². The number of nitrogen functional groups attached to an aromatic ring is 4. The van der Waals surface area contributed by atoms with Crippen LogP contribution in [-0.2, 0) is 18.9 Å². The number of aromatic nitrogens is 15. The molecule has 4 aliphatic rings. The smallest absolute Gasteiger partial charge is 0.228 e. The van der Waals surface area contributed by atoms with Crippen molar-refractivity contribution in [3.63, 3.8) is 0 Å². The number of nitrogens with two attached hydrogens (primary N) is 4. The molecule has 0 unspecified atom stereocenters. The maximum absolute atomic E-state index is 14.7. The summed E-state index contributed by atoms with van der Waals surface area (Å²) in [5, 5.41) is 83.3. The highest BCUT2D eigenvalue weighted by molar-refractivity contribution is 5.87. The van der Waals surface area contributed by atoms with Crippen molar-refractivity contribution in [3.8, 4) is 34.4 Å². The van der Waals surface area contributed by atoms with E-state index in [1.165, 1.54) is 77.8 Å². The van der Waals surface area contributed by atoms with Crippen LogP contribution in [0.3, 0.4) is 0 Å². The molecule has 0 aliphatic carbocycles. The fraction of sp³-hybridized carbons (Fsp3) is 0.424. The van der Waals surface area contributed by atoms with Gasteiger partial charge >= 0.3 is 0 Å². The number of nitrogens with zero attached hydrogens (tertiary/aromatic N) is 22. The average molecular weight is 1370 g/mol. The molecular formula is C59H65FN26O13. The van der Waals surface area contributed by atoms with Crippen LogP contribution >= 0.6 is 0 Å². The third-order valence-electron chi connectivity index (χ3n) is 18.6. The molecule has 40 heteroatoms. The van der Waals surface area contributed by atoms with Gasteiger partial charge in [0.2, 0.25) is 23.4 Å². The van der Waals surface area contributed by atoms with Crippen molar-refractivity contribution in [2.75, 3.05) is 49.4 Å². The molecule has 39 nitrogen and oxygen atoms in total. The zero-order chi connectivity index (χ0) is 70.4. The van der Waals surface area contributed by atoms with E-state index in [0.717, 1.165) is 0 Å². The summed E-state index contributed by atoms with van der Waals surface area (Å²) in [4.78, 5) is 37.3. The number of oxazole rings is 3. The molecule has 4 fully saturated rings. The van der Waals surface area contributed by atoms with Crippen LogP contribution in [0.4, 0.5) is 33.3 Å². The lowest BCUT2D eigenvalue weighted by atomic mass is 9.86. The Morgan fingerprint density at radius 1 is 0.515 bits per heavy atom. The molecule has 0 aromatic carbocycles. The zero-order valence-electron chi connectivity index (χ0n) is 53.1. The van der Waals surface area contributed by atoms with Crippen molar-refractivity contribution in [1.29, 1.82) is 0 Å². The first kappa shape index (κ1) is 67.9. The van der Waals surface area contributed by atoms with Gasteiger partial charge in [0.1, 0.15) is 103 Å². The van der Waals surface area contributed by atoms with Crippen molar-refractivity contribution in [2.24, 2.45) is 39.8 Å². The molecule has 0 radical (unpaired) electrons. The highest BCUT2D eigenvalue weighted by Gasteiger charge is 2.54. The van der Waals surface area contributed by atoms with Gasteiger partial charge in [-0.05, 0) is 47.2 Å². The summed E-state index contributed by atoms with van der Waals surface area (Å²) in [7, 11) is 0. The summed E-state index contributed by atoms with van der Waals surface area (Å²) in [5.41, 5.74) is 44.6. The Morgan fingerprint density at radius 3 is 1.29 bits per heavy atom. The van der Waals surface area contributed by atoms with Gasteiger partial charge in [-0.2, -0.15) is 20.4 Å². The van der Waals surface area contributed by atoms with Crippen LogP contribution in [0.5, 0.6) is 0 Å². The monoisotopic (exact) mass is 1360 g/mol. The fourth-order valence-corrected chi connectivity index (χ4v) is 12.9. The molecule has 15 rings (SSSR count). The van der Waals surface area contributed by atoms with Gasteiger partial charge in [0.15, 0.2) is 28.9 Å². The van der Waals surface area contributed by atoms with Crippen LogP contribution in [0.2, 0.25) is 0 Å². The Kier molecular flexibility index (Phi) is 18.8. The maximum Gasteiger partial charge on any atom is 0.228 e. The first-order valence-corrected chi connectivity index (χ1v) is 30.5. The minimum atomic E-state index is -1.60. The first-order valence-electron chi connectivity index (χ1n) is 30.5. The normalized spacial score (nSPS) is 27.8. The van der Waals surface area contributed by atoms with Crippen molar-refractivity contribution >= 4 is 51.0 Å². The van der Waals surface area contributed by atoms with Crippen LogP contribution in [-0.4, -0.2) is 172 Å². The minimum absolute atomic E-state index is 0.0747. The maximum atomic E-state index is 14.7. The molecular weight excluding hydrogens is 1300 g/mol. The third kappa shape index (κ3) is 11.7. The Hall–Kier alpha value is -11.0. The second-order valence-electron chi connectivity index (χ2n) is 23.7. The van der Waals surface area contributed by atoms with Gasteiger partial charge in [-0.25, -0.2) is 62.2 Å². The number of halogens is 1. The lowest BCUT2D eigenvalue weighted by Gasteiger charge is -2.25. The zero-order valence-corrected chi connectivity index (χ0v) is 53.1. The van der Waals surface area contributed by atoms with E-state index in [1.54, 1.807) is 35.0 Å². The fourth-order valence-electron chi connectivity index (χ4n) is 12.9. The van der Waals surface area contributed by atoms with Gasteiger partial charge in [0.05, 0.1) is 115 Å². The van der Waals surface area contributed by atoms with Crippen LogP contribution in [0.15, 0.2) is 110 Å². The van der Waals surface area contributed by atoms with E-state index in [2.05, 4.69) is 80.2 Å². The number of fused-ring (bicyclic) bond motifs is 4. The Balaban J connectivity index is 0.000000126. The Bertz CT molecular complexity index is 4700. The summed E-state index contributed by atoms with van der Waals surface area (Å²) < 4.78 is 60.2. The number of alkyl halides is 1. The van der Waals surface area contributed by atoms with Gasteiger partial charge in [-0.1, -0.05) is 44.8 Å². The van der Waals surface area contributed by atoms with Crippen LogP contribution in [0.1, 0.15) is 81.8 Å². The largest absolute Gasteiger partial charge is 0.444 e. The highest BCUT2D eigenvalue weighted by Crippen LogP contribution is 2.51. The summed E-state index contributed by atoms with van der Waals surface area (Å²) in [5.74, 6) is 0.343. The molecule has 0 bridgehead atoms. The van der Waals surface area contributed by atoms with E-state index >= 15 is 0 Å². The lowest BCUT2D eigenvalue weighted by molar-refractivity contribution is -0.0882. The van der Waals surface area contributed by atoms with Gasteiger partial charge in [-0.15, -0.1) is 0 Å². The van der Waals surface area contributed by atoms with Gasteiger partial charge in [-0.3, -0.25) is 0 Å². The quantitative estimate of drug-likeness (QED) is 0.0314. The molecule has 0 amide bonds. The second-order valence-corrected chi connectivity index (χ2v) is 23.7. The van der Waals surface area contributed by atoms with E-state index in [4.69, 9.17) is 72.8 Å². The Labute approximate surface area is 556 Å². The van der Waals surface area contributed by atoms with Crippen LogP contribution in [0, 0.1) is 36.2 Å². The van der Waals surface area contributed by atoms with Crippen LogP contribution in [0.25, 0.3) is 82.2 Å². The molecule has 16 atom stereocenters. The van der Waals surface area contributed by atoms with Crippen molar-refractivity contribution in [1.82, 2.24) is 73.3 Å². The molecule has 0 saturated carbocycles. The summed E-state index contributed by atoms with van der Waals surface area (Å²) in [6.45, 7) is 14.8. The molecule has 14 N–H and O–H groups in total. The highest BCUT2D eigenvalue weighted by atomic mass is 19.1. The predicted octanol–water partition coefficient (Wildman–Crippen LogP) is 5.01. The molecule has 11 aromatic heterocycles. The van der Waals surface area contributed by atoms with Crippen molar-refractivity contribution < 1.29 is 67.2 Å². The molecule has 0 spiro atoms. The minimum Gasteiger partial charge on any atom is -0.444 e. The SMILES string of the molecule is C[C@H]1[C@H](F)[C@H](c2cc(-c3ncco3)c3c(N)ncnn23)O[C@@H]1CO.C[C@H]1[C@H](O)[C@H](c2cc(-c3ncco3)c3c(N)ncnn23)O[C@@H]1CO.C[C@H]1[C@H](c2cc(-c3ncco3)c3c(N)ncnn23)O[C@@](CO)(N=[N+]=[N-])[C@H]1C.[C-]#[N+]c1cc([C@@H]2O[C@@](CO)(N=[N+]=[N-])[C@@H](C)[C@@H]2O)n2ncnc(N)c12. The van der Waals surface area contributed by atoms with Gasteiger partial charge < -0.3 is 85.8 Å². The van der Waals surface area contributed by atoms with E-state index < -0.39 is 91.5 Å². The molecule has 516 valence electrons. The standard InChI is InChI=1S/C16H18N8O3.C15H16FN5O3.C15H17N5O4.C13H14N8O3/c1-8-9(2)16(6-25,22-23-18)27-13(8)11-5-10(15-19-3-4-26-15)12-14(17)20-7-21-24(11)12;1-7-10(5-22)24-13(11(7)16)9-4-8(15-18-2-3-23-15)12-14(17)19-6-20-21(9)12;1-7-10(5-21)24-13(12(7)22)9-4-8(15-17-2-3-23-15)11-14(16)18-6-19-20(9)11;1-6-10(23)11(24-13(6,4-22)19-20-15)8-3-7(16-2)9-12(14)17-5-18-21(8)9/h3-5,7-9,13,25H,6H2,1-2H3,(H2,17,20,21);2-4,6-7,10-11,13,22H,5H2,1H3,(H2,17,19,20);2-4,6-7,10,12-13,21-22H,5H2,1H3,(H2,16,18,19);3,5-6,10-11,22-23H,4H2,1H3,(H2,14,17,18)/t8-,9+,13-,16-;7-,10-,11+,13+;7-,10-,12+,13+;6-,10-,11-,13+/m1110/s1. The van der Waals surface area contributed by atoms with E-state index in [9.17, 15) is 35.0 Å². The summed E-state index contributed by atoms with van der Waals surface area (Å²) in [6, 6.07) is 6.77.